The summed E-state index contributed by atoms with van der Waals surface area (Å²) in [6, 6.07) is 20.1. The van der Waals surface area contributed by atoms with Crippen molar-refractivity contribution in [1.82, 2.24) is 5.32 Å². The maximum absolute atomic E-state index is 13.2. The summed E-state index contributed by atoms with van der Waals surface area (Å²) in [6.07, 6.45) is 0. The van der Waals surface area contributed by atoms with Crippen LogP contribution >= 0.6 is 0 Å². The molecule has 0 spiro atoms. The monoisotopic (exact) mass is 469 g/mol. The molecule has 10 heteroatoms. The molecule has 3 aromatic rings. The van der Waals surface area contributed by atoms with E-state index in [1.165, 1.54) is 36.4 Å². The number of sulfonamides is 1. The average Bonchev–Trinajstić information content (AvgIpc) is 2.82. The Morgan fingerprint density at radius 3 is 2.27 bits per heavy atom. The molecule has 33 heavy (non-hydrogen) atoms. The van der Waals surface area contributed by atoms with Gasteiger partial charge >= 0.3 is 0 Å². The van der Waals surface area contributed by atoms with Gasteiger partial charge < -0.3 is 10.1 Å². The second-order valence-electron chi connectivity index (χ2n) is 7.06. The lowest BCUT2D eigenvalue weighted by Crippen LogP contribution is -2.41. The highest BCUT2D eigenvalue weighted by atomic mass is 32.2. The number of nitro benzene ring substituents is 1. The van der Waals surface area contributed by atoms with Crippen LogP contribution in [-0.2, 0) is 14.8 Å². The molecule has 0 atom stereocenters. The number of rotatable bonds is 10. The molecule has 1 N–H and O–H groups in total. The quantitative estimate of drug-likeness (QED) is 0.276. The normalized spacial score (nSPS) is 10.9. The van der Waals surface area contributed by atoms with Crippen molar-refractivity contribution in [3.8, 4) is 5.75 Å². The summed E-state index contributed by atoms with van der Waals surface area (Å²) in [6.45, 7) is 1.79. The molecule has 0 radical (unpaired) electrons. The Bertz CT molecular complexity index is 1210. The van der Waals surface area contributed by atoms with E-state index in [2.05, 4.69) is 5.32 Å². The van der Waals surface area contributed by atoms with Crippen LogP contribution in [0.1, 0.15) is 5.56 Å². The van der Waals surface area contributed by atoms with Crippen molar-refractivity contribution >= 4 is 27.3 Å². The van der Waals surface area contributed by atoms with E-state index < -0.39 is 27.4 Å². The molecule has 0 aliphatic rings. The zero-order valence-electron chi connectivity index (χ0n) is 17.9. The number of hydrogen-bond acceptors (Lipinski definition) is 6. The fourth-order valence-electron chi connectivity index (χ4n) is 3.03. The molecule has 0 unspecified atom stereocenters. The van der Waals surface area contributed by atoms with E-state index >= 15 is 0 Å². The summed E-state index contributed by atoms with van der Waals surface area (Å²) in [5.74, 6) is 0.159. The third-order valence-corrected chi connectivity index (χ3v) is 6.53. The number of hydrogen-bond donors (Lipinski definition) is 1. The van der Waals surface area contributed by atoms with Crippen LogP contribution in [-0.4, -0.2) is 38.9 Å². The Balaban J connectivity index is 1.73. The van der Waals surface area contributed by atoms with Crippen molar-refractivity contribution in [2.75, 3.05) is 24.0 Å². The number of amides is 1. The lowest BCUT2D eigenvalue weighted by molar-refractivity contribution is -0.384. The van der Waals surface area contributed by atoms with Gasteiger partial charge in [0.05, 0.1) is 22.1 Å². The van der Waals surface area contributed by atoms with Crippen molar-refractivity contribution in [2.24, 2.45) is 0 Å². The number of non-ortho nitro benzene ring substituents is 1. The predicted octanol–water partition coefficient (Wildman–Crippen LogP) is 3.29. The van der Waals surface area contributed by atoms with Crippen LogP contribution < -0.4 is 14.4 Å². The molecular formula is C23H23N3O6S. The maximum atomic E-state index is 13.2. The average molecular weight is 470 g/mol. The Morgan fingerprint density at radius 1 is 1.00 bits per heavy atom. The first kappa shape index (κ1) is 23.7. The van der Waals surface area contributed by atoms with E-state index in [9.17, 15) is 23.3 Å². The summed E-state index contributed by atoms with van der Waals surface area (Å²) in [4.78, 5) is 22.9. The first-order chi connectivity index (χ1) is 15.8. The molecule has 9 nitrogen and oxygen atoms in total. The highest BCUT2D eigenvalue weighted by molar-refractivity contribution is 7.92. The summed E-state index contributed by atoms with van der Waals surface area (Å²) < 4.78 is 33.0. The van der Waals surface area contributed by atoms with Gasteiger partial charge in [-0.3, -0.25) is 19.2 Å². The van der Waals surface area contributed by atoms with Crippen LogP contribution in [0.25, 0.3) is 0 Å². The van der Waals surface area contributed by atoms with E-state index in [0.717, 1.165) is 9.87 Å². The minimum Gasteiger partial charge on any atom is -0.491 e. The summed E-state index contributed by atoms with van der Waals surface area (Å²) in [7, 11) is -4.09. The van der Waals surface area contributed by atoms with Gasteiger partial charge in [0.2, 0.25) is 5.91 Å². The largest absolute Gasteiger partial charge is 0.491 e. The molecule has 0 aliphatic carbocycles. The Morgan fingerprint density at radius 2 is 1.64 bits per heavy atom. The molecule has 172 valence electrons. The van der Waals surface area contributed by atoms with Gasteiger partial charge in [-0.25, -0.2) is 8.42 Å². The summed E-state index contributed by atoms with van der Waals surface area (Å²) in [5.41, 5.74) is 0.909. The Hall–Kier alpha value is -3.92. The van der Waals surface area contributed by atoms with Gasteiger partial charge in [-0.2, -0.15) is 0 Å². The third kappa shape index (κ3) is 6.07. The number of nitrogens with zero attached hydrogens (tertiary/aromatic N) is 2. The Labute approximate surface area is 191 Å². The number of benzene rings is 3. The molecule has 1 amide bonds. The van der Waals surface area contributed by atoms with E-state index in [-0.39, 0.29) is 29.4 Å². The highest BCUT2D eigenvalue weighted by Crippen LogP contribution is 2.25. The van der Waals surface area contributed by atoms with E-state index in [1.807, 2.05) is 31.2 Å². The zero-order chi connectivity index (χ0) is 23.8. The number of nitrogens with one attached hydrogen (secondary N) is 1. The van der Waals surface area contributed by atoms with Crippen LogP contribution in [0.2, 0.25) is 0 Å². The topological polar surface area (TPSA) is 119 Å². The number of ether oxygens (including phenoxy) is 1. The second kappa shape index (κ2) is 10.6. The van der Waals surface area contributed by atoms with Crippen molar-refractivity contribution in [3.05, 3.63) is 94.5 Å². The van der Waals surface area contributed by atoms with Gasteiger partial charge in [0, 0.05) is 12.1 Å². The number of para-hydroxylation sites is 1. The van der Waals surface area contributed by atoms with Gasteiger partial charge in [0.1, 0.15) is 18.9 Å². The number of carbonyl (C=O) groups excluding carboxylic acids is 1. The summed E-state index contributed by atoms with van der Waals surface area (Å²) >= 11 is 0. The SMILES string of the molecule is Cc1ccccc1OCCNC(=O)CN(c1ccc([N+](=O)[O-])cc1)S(=O)(=O)c1ccccc1. The van der Waals surface area contributed by atoms with Gasteiger partial charge in [-0.05, 0) is 42.8 Å². The lowest BCUT2D eigenvalue weighted by Gasteiger charge is -2.24. The minimum absolute atomic E-state index is 0.000890. The van der Waals surface area contributed by atoms with Gasteiger partial charge in [-0.1, -0.05) is 36.4 Å². The number of anilines is 1. The molecule has 0 bridgehead atoms. The van der Waals surface area contributed by atoms with Crippen molar-refractivity contribution < 1.29 is 22.9 Å². The lowest BCUT2D eigenvalue weighted by atomic mass is 10.2. The number of aryl methyl sites for hydroxylation is 1. The van der Waals surface area contributed by atoms with Crippen LogP contribution in [0.3, 0.4) is 0 Å². The first-order valence-electron chi connectivity index (χ1n) is 10.1. The molecule has 3 rings (SSSR count). The summed E-state index contributed by atoms with van der Waals surface area (Å²) in [5, 5.41) is 13.6. The van der Waals surface area contributed by atoms with Gasteiger partial charge in [0.25, 0.3) is 15.7 Å². The molecular weight excluding hydrogens is 446 g/mol. The molecule has 0 heterocycles. The van der Waals surface area contributed by atoms with Crippen LogP contribution in [0, 0.1) is 17.0 Å². The molecule has 0 aliphatic heterocycles. The van der Waals surface area contributed by atoms with Gasteiger partial charge in [0.15, 0.2) is 0 Å². The standard InChI is InChI=1S/C23H23N3O6S/c1-18-7-5-6-10-22(18)32-16-15-24-23(27)17-25(19-11-13-20(14-12-19)26(28)29)33(30,31)21-8-3-2-4-9-21/h2-14H,15-17H2,1H3,(H,24,27). The highest BCUT2D eigenvalue weighted by Gasteiger charge is 2.27. The van der Waals surface area contributed by atoms with Crippen LogP contribution in [0.5, 0.6) is 5.75 Å². The molecule has 3 aromatic carbocycles. The maximum Gasteiger partial charge on any atom is 0.269 e. The molecule has 0 fully saturated rings. The molecule has 0 saturated carbocycles. The smallest absolute Gasteiger partial charge is 0.269 e. The van der Waals surface area contributed by atoms with Crippen LogP contribution in [0.4, 0.5) is 11.4 Å². The van der Waals surface area contributed by atoms with Gasteiger partial charge in [-0.15, -0.1) is 0 Å². The molecule has 0 saturated heterocycles. The second-order valence-corrected chi connectivity index (χ2v) is 8.92. The van der Waals surface area contributed by atoms with E-state index in [4.69, 9.17) is 4.74 Å². The molecule has 0 aromatic heterocycles. The van der Waals surface area contributed by atoms with Crippen molar-refractivity contribution in [3.63, 3.8) is 0 Å². The van der Waals surface area contributed by atoms with Crippen molar-refractivity contribution in [1.29, 1.82) is 0 Å². The van der Waals surface area contributed by atoms with E-state index in [1.54, 1.807) is 18.2 Å². The fraction of sp³-hybridized carbons (Fsp3) is 0.174. The number of nitro groups is 1. The zero-order valence-corrected chi connectivity index (χ0v) is 18.7. The van der Waals surface area contributed by atoms with E-state index in [0.29, 0.717) is 5.75 Å². The first-order valence-corrected chi connectivity index (χ1v) is 11.5. The number of carbonyl (C=O) groups is 1. The predicted molar refractivity (Wildman–Crippen MR) is 124 cm³/mol. The van der Waals surface area contributed by atoms with Crippen molar-refractivity contribution in [2.45, 2.75) is 11.8 Å². The third-order valence-electron chi connectivity index (χ3n) is 4.74. The minimum atomic E-state index is -4.09. The fourth-order valence-corrected chi connectivity index (χ4v) is 4.47. The Kier molecular flexibility index (Phi) is 7.62. The van der Waals surface area contributed by atoms with Crippen LogP contribution in [0.15, 0.2) is 83.8 Å².